The van der Waals surface area contributed by atoms with Crippen molar-refractivity contribution in [3.8, 4) is 5.88 Å². The lowest BCUT2D eigenvalue weighted by Crippen LogP contribution is -2.32. The summed E-state index contributed by atoms with van der Waals surface area (Å²) in [6.07, 6.45) is 3.04. The van der Waals surface area contributed by atoms with E-state index in [1.165, 1.54) is 11.3 Å². The van der Waals surface area contributed by atoms with Gasteiger partial charge in [0, 0.05) is 24.5 Å². The quantitative estimate of drug-likeness (QED) is 0.540. The molecule has 1 fully saturated rings. The molecule has 0 atom stereocenters. The van der Waals surface area contributed by atoms with Gasteiger partial charge in [-0.05, 0) is 38.3 Å². The Hall–Kier alpha value is -1.61. The number of ether oxygens (including phenoxy) is 1. The summed E-state index contributed by atoms with van der Waals surface area (Å²) in [4.78, 5) is 20.2. The molecule has 1 aliphatic carbocycles. The van der Waals surface area contributed by atoms with Crippen molar-refractivity contribution in [2.45, 2.75) is 39.2 Å². The number of nitrogen functional groups attached to an aromatic ring is 1. The van der Waals surface area contributed by atoms with Gasteiger partial charge in [0.2, 0.25) is 5.88 Å². The van der Waals surface area contributed by atoms with Crippen molar-refractivity contribution in [3.63, 3.8) is 0 Å². The smallest absolute Gasteiger partial charge is 0.263 e. The summed E-state index contributed by atoms with van der Waals surface area (Å²) in [5.74, 6) is 0.197. The standard InChI is InChI=1S/C19H27ClN4O3S/c1-3-6-24(7-9-25)8-10-27-18-14(20)11(2)13-15(21)16(28-19(13)23-18)17(26)22-12-4-5-12/h12,25H,3-10,21H2,1-2H3,(H,22,26). The molecule has 1 aliphatic rings. The van der Waals surface area contributed by atoms with E-state index in [-0.39, 0.29) is 18.6 Å². The van der Waals surface area contributed by atoms with Gasteiger partial charge in [-0.15, -0.1) is 11.3 Å². The maximum absolute atomic E-state index is 12.4. The molecule has 0 radical (unpaired) electrons. The van der Waals surface area contributed by atoms with Crippen molar-refractivity contribution in [3.05, 3.63) is 15.5 Å². The van der Waals surface area contributed by atoms with Crippen LogP contribution in [0.1, 0.15) is 41.4 Å². The summed E-state index contributed by atoms with van der Waals surface area (Å²) in [6, 6.07) is 0.263. The van der Waals surface area contributed by atoms with Crippen LogP contribution in [0, 0.1) is 6.92 Å². The van der Waals surface area contributed by atoms with E-state index in [9.17, 15) is 4.79 Å². The predicted octanol–water partition coefficient (Wildman–Crippen LogP) is 2.82. The Balaban J connectivity index is 1.78. The van der Waals surface area contributed by atoms with Crippen molar-refractivity contribution in [2.24, 2.45) is 0 Å². The third-order valence-corrected chi connectivity index (χ3v) is 6.29. The first-order valence-corrected chi connectivity index (χ1v) is 10.8. The van der Waals surface area contributed by atoms with Crippen LogP contribution in [-0.4, -0.2) is 59.8 Å². The van der Waals surface area contributed by atoms with E-state index in [0.29, 0.717) is 46.0 Å². The highest BCUT2D eigenvalue weighted by atomic mass is 35.5. The number of aliphatic hydroxyl groups excluding tert-OH is 1. The van der Waals surface area contributed by atoms with Crippen molar-refractivity contribution in [1.29, 1.82) is 0 Å². The summed E-state index contributed by atoms with van der Waals surface area (Å²) < 4.78 is 5.83. The van der Waals surface area contributed by atoms with Crippen molar-refractivity contribution in [2.75, 3.05) is 38.6 Å². The van der Waals surface area contributed by atoms with Crippen molar-refractivity contribution < 1.29 is 14.6 Å². The maximum atomic E-state index is 12.4. The molecule has 4 N–H and O–H groups in total. The third kappa shape index (κ3) is 4.68. The van der Waals surface area contributed by atoms with Gasteiger partial charge in [-0.1, -0.05) is 18.5 Å². The minimum absolute atomic E-state index is 0.115. The van der Waals surface area contributed by atoms with Gasteiger partial charge < -0.3 is 20.9 Å². The van der Waals surface area contributed by atoms with E-state index in [2.05, 4.69) is 22.1 Å². The first-order valence-electron chi connectivity index (χ1n) is 9.61. The zero-order chi connectivity index (χ0) is 20.3. The number of pyridine rings is 1. The maximum Gasteiger partial charge on any atom is 0.263 e. The molecule has 3 rings (SSSR count). The molecule has 1 amide bonds. The molecule has 0 aliphatic heterocycles. The Kier molecular flexibility index (Phi) is 6.98. The Morgan fingerprint density at radius 2 is 2.18 bits per heavy atom. The number of aliphatic hydroxyl groups is 1. The molecule has 9 heteroatoms. The minimum Gasteiger partial charge on any atom is -0.475 e. The first kappa shape index (κ1) is 21.1. The molecule has 7 nitrogen and oxygen atoms in total. The van der Waals surface area contributed by atoms with E-state index in [1.807, 2.05) is 6.92 Å². The van der Waals surface area contributed by atoms with Gasteiger partial charge in [0.25, 0.3) is 5.91 Å². The number of rotatable bonds is 10. The summed E-state index contributed by atoms with van der Waals surface area (Å²) in [6.45, 7) is 6.66. The zero-order valence-electron chi connectivity index (χ0n) is 16.3. The first-order chi connectivity index (χ1) is 13.5. The lowest BCUT2D eigenvalue weighted by Gasteiger charge is -2.20. The zero-order valence-corrected chi connectivity index (χ0v) is 17.8. The number of hydrogen-bond donors (Lipinski definition) is 3. The van der Waals surface area contributed by atoms with E-state index in [1.54, 1.807) is 0 Å². The summed E-state index contributed by atoms with van der Waals surface area (Å²) in [5, 5.41) is 13.2. The molecule has 0 bridgehead atoms. The highest BCUT2D eigenvalue weighted by molar-refractivity contribution is 7.21. The van der Waals surface area contributed by atoms with Crippen LogP contribution < -0.4 is 15.8 Å². The molecule has 0 spiro atoms. The summed E-state index contributed by atoms with van der Waals surface area (Å²) in [7, 11) is 0. The Morgan fingerprint density at radius 3 is 2.82 bits per heavy atom. The second kappa shape index (κ2) is 9.26. The van der Waals surface area contributed by atoms with Crippen LogP contribution in [0.2, 0.25) is 5.02 Å². The van der Waals surface area contributed by atoms with Gasteiger partial charge in [0.1, 0.15) is 21.3 Å². The minimum atomic E-state index is -0.153. The molecule has 0 aromatic carbocycles. The van der Waals surface area contributed by atoms with Gasteiger partial charge in [0.15, 0.2) is 0 Å². The average Bonchev–Trinajstić information content (AvgIpc) is 3.41. The van der Waals surface area contributed by atoms with Gasteiger partial charge in [-0.25, -0.2) is 4.98 Å². The van der Waals surface area contributed by atoms with E-state index in [0.717, 1.165) is 36.8 Å². The fourth-order valence-corrected chi connectivity index (χ4v) is 4.33. The van der Waals surface area contributed by atoms with Gasteiger partial charge in [0.05, 0.1) is 12.3 Å². The van der Waals surface area contributed by atoms with Crippen LogP contribution in [0.15, 0.2) is 0 Å². The molecule has 2 aromatic rings. The Bertz CT molecular complexity index is 848. The number of fused-ring (bicyclic) bond motifs is 1. The van der Waals surface area contributed by atoms with E-state index < -0.39 is 0 Å². The average molecular weight is 427 g/mol. The van der Waals surface area contributed by atoms with Gasteiger partial charge in [-0.3, -0.25) is 9.69 Å². The second-order valence-corrected chi connectivity index (χ2v) is 8.42. The van der Waals surface area contributed by atoms with Crippen LogP contribution in [-0.2, 0) is 0 Å². The summed E-state index contributed by atoms with van der Waals surface area (Å²) >= 11 is 7.74. The number of aromatic nitrogens is 1. The van der Waals surface area contributed by atoms with Crippen LogP contribution in [0.5, 0.6) is 5.88 Å². The SMILES string of the molecule is CCCN(CCO)CCOc1nc2sc(C(=O)NC3CC3)c(N)c2c(C)c1Cl. The highest BCUT2D eigenvalue weighted by Gasteiger charge is 2.27. The second-order valence-electron chi connectivity index (χ2n) is 7.04. The predicted molar refractivity (Wildman–Crippen MR) is 114 cm³/mol. The van der Waals surface area contributed by atoms with Crippen LogP contribution in [0.3, 0.4) is 0 Å². The molecule has 154 valence electrons. The highest BCUT2D eigenvalue weighted by Crippen LogP contribution is 2.40. The molecular formula is C19H27ClN4O3S. The normalized spacial score (nSPS) is 14.0. The fourth-order valence-electron chi connectivity index (χ4n) is 3.09. The topological polar surface area (TPSA) is 101 Å². The molecule has 28 heavy (non-hydrogen) atoms. The van der Waals surface area contributed by atoms with Gasteiger partial charge >= 0.3 is 0 Å². The number of nitrogens with two attached hydrogens (primary N) is 1. The number of carbonyl (C=O) groups excluding carboxylic acids is 1. The van der Waals surface area contributed by atoms with Crippen LogP contribution in [0.25, 0.3) is 10.2 Å². The number of nitrogens with zero attached hydrogens (tertiary/aromatic N) is 2. The number of thiophene rings is 1. The molecule has 0 saturated heterocycles. The number of aryl methyl sites for hydroxylation is 1. The number of carbonyl (C=O) groups is 1. The largest absolute Gasteiger partial charge is 0.475 e. The number of hydrogen-bond acceptors (Lipinski definition) is 7. The van der Waals surface area contributed by atoms with Crippen LogP contribution in [0.4, 0.5) is 5.69 Å². The van der Waals surface area contributed by atoms with Crippen molar-refractivity contribution in [1.82, 2.24) is 15.2 Å². The number of anilines is 1. The number of amides is 1. The Morgan fingerprint density at radius 1 is 1.43 bits per heavy atom. The molecular weight excluding hydrogens is 400 g/mol. The monoisotopic (exact) mass is 426 g/mol. The molecule has 1 saturated carbocycles. The number of nitrogens with one attached hydrogen (secondary N) is 1. The van der Waals surface area contributed by atoms with Gasteiger partial charge in [-0.2, -0.15) is 0 Å². The summed E-state index contributed by atoms with van der Waals surface area (Å²) in [5.41, 5.74) is 7.43. The Labute approximate surface area is 173 Å². The van der Waals surface area contributed by atoms with E-state index >= 15 is 0 Å². The lowest BCUT2D eigenvalue weighted by molar-refractivity contribution is 0.0956. The lowest BCUT2D eigenvalue weighted by atomic mass is 10.1. The van der Waals surface area contributed by atoms with E-state index in [4.69, 9.17) is 27.2 Å². The fraction of sp³-hybridized carbons (Fsp3) is 0.579. The molecule has 2 aromatic heterocycles. The molecule has 0 unspecified atom stereocenters. The number of halogens is 1. The van der Waals surface area contributed by atoms with Crippen LogP contribution >= 0.6 is 22.9 Å². The molecule has 2 heterocycles. The van der Waals surface area contributed by atoms with Crippen molar-refractivity contribution >= 4 is 44.7 Å². The third-order valence-electron chi connectivity index (χ3n) is 4.74.